The normalized spacial score (nSPS) is 16.7. The van der Waals surface area contributed by atoms with E-state index in [-0.39, 0.29) is 12.6 Å². The molecular formula is C6H13N2O5P. The zero-order valence-corrected chi connectivity index (χ0v) is 8.53. The van der Waals surface area contributed by atoms with Gasteiger partial charge in [-0.15, -0.1) is 0 Å². The van der Waals surface area contributed by atoms with E-state index in [0.717, 1.165) is 6.66 Å². The van der Waals surface area contributed by atoms with Crippen molar-refractivity contribution < 1.29 is 24.2 Å². The average Bonchev–Trinajstić information content (AvgIpc) is 1.94. The van der Waals surface area contributed by atoms with E-state index in [9.17, 15) is 14.2 Å². The molecule has 0 aliphatic rings. The number of rotatable bonds is 5. The first-order chi connectivity index (χ1) is 6.22. The van der Waals surface area contributed by atoms with Gasteiger partial charge in [-0.25, -0.2) is 9.59 Å². The Labute approximate surface area is 80.7 Å². The number of carboxylic acids is 1. The van der Waals surface area contributed by atoms with Gasteiger partial charge in [-0.1, -0.05) is 0 Å². The number of nitrogens with one attached hydrogen (secondary N) is 1. The zero-order valence-electron chi connectivity index (χ0n) is 7.64. The highest BCUT2D eigenvalue weighted by atomic mass is 31.2. The molecule has 14 heavy (non-hydrogen) atoms. The van der Waals surface area contributed by atoms with Crippen LogP contribution in [0.3, 0.4) is 0 Å². The molecule has 0 aliphatic carbocycles. The summed E-state index contributed by atoms with van der Waals surface area (Å²) in [6.45, 7) is 1.12. The van der Waals surface area contributed by atoms with Crippen molar-refractivity contribution in [1.29, 1.82) is 0 Å². The molecule has 0 rings (SSSR count). The van der Waals surface area contributed by atoms with Crippen LogP contribution in [0.4, 0.5) is 4.79 Å². The number of nitrogens with two attached hydrogens (primary N) is 1. The predicted octanol–water partition coefficient (Wildman–Crippen LogP) is -0.602. The van der Waals surface area contributed by atoms with Crippen LogP contribution < -0.4 is 11.1 Å². The number of amides is 2. The number of carboxylic acid groups (broad SMARTS) is 1. The number of carbonyl (C=O) groups is 2. The van der Waals surface area contributed by atoms with Crippen molar-refractivity contribution in [2.75, 3.05) is 12.8 Å². The van der Waals surface area contributed by atoms with Gasteiger partial charge in [0.2, 0.25) is 0 Å². The van der Waals surface area contributed by atoms with Gasteiger partial charge in [0.25, 0.3) is 0 Å². The Balaban J connectivity index is 4.18. The summed E-state index contributed by atoms with van der Waals surface area (Å²) in [4.78, 5) is 29.8. The van der Waals surface area contributed by atoms with Crippen molar-refractivity contribution in [1.82, 2.24) is 5.32 Å². The molecule has 5 N–H and O–H groups in total. The smallest absolute Gasteiger partial charge is 0.326 e. The zero-order chi connectivity index (χ0) is 11.4. The quantitative estimate of drug-likeness (QED) is 0.463. The van der Waals surface area contributed by atoms with Crippen LogP contribution >= 0.6 is 7.37 Å². The maximum absolute atomic E-state index is 10.8. The molecule has 0 aromatic rings. The Morgan fingerprint density at radius 1 is 1.57 bits per heavy atom. The van der Waals surface area contributed by atoms with Crippen LogP contribution in [0.5, 0.6) is 0 Å². The molecule has 2 atom stereocenters. The van der Waals surface area contributed by atoms with Crippen LogP contribution in [0, 0.1) is 0 Å². The molecule has 8 heteroatoms. The Morgan fingerprint density at radius 2 is 2.07 bits per heavy atom. The molecule has 0 aliphatic heterocycles. The van der Waals surface area contributed by atoms with Gasteiger partial charge in [0.05, 0.1) is 0 Å². The van der Waals surface area contributed by atoms with Crippen molar-refractivity contribution >= 4 is 19.4 Å². The number of urea groups is 1. The third-order valence-corrected chi connectivity index (χ3v) is 2.54. The molecular weight excluding hydrogens is 211 g/mol. The van der Waals surface area contributed by atoms with Crippen molar-refractivity contribution in [3.63, 3.8) is 0 Å². The second-order valence-electron chi connectivity index (χ2n) is 2.96. The molecule has 7 nitrogen and oxygen atoms in total. The van der Waals surface area contributed by atoms with E-state index < -0.39 is 25.4 Å². The third-order valence-electron chi connectivity index (χ3n) is 1.45. The molecule has 0 aromatic heterocycles. The summed E-state index contributed by atoms with van der Waals surface area (Å²) >= 11 is 0. The van der Waals surface area contributed by atoms with Gasteiger partial charge in [-0.05, 0) is 6.42 Å². The molecule has 2 amide bonds. The van der Waals surface area contributed by atoms with Gasteiger partial charge in [-0.3, -0.25) is 4.57 Å². The molecule has 0 spiro atoms. The van der Waals surface area contributed by atoms with Crippen LogP contribution in [0.1, 0.15) is 6.42 Å². The SMILES string of the molecule is CP(=O)(O)CC[C@H](NC(N)=O)C(=O)O. The maximum atomic E-state index is 10.8. The highest BCUT2D eigenvalue weighted by Gasteiger charge is 2.21. The molecule has 0 fully saturated rings. The largest absolute Gasteiger partial charge is 0.480 e. The Bertz CT molecular complexity index is 273. The lowest BCUT2D eigenvalue weighted by Gasteiger charge is -2.13. The minimum atomic E-state index is -3.26. The topological polar surface area (TPSA) is 130 Å². The van der Waals surface area contributed by atoms with Gasteiger partial charge in [-0.2, -0.15) is 0 Å². The molecule has 0 bridgehead atoms. The van der Waals surface area contributed by atoms with E-state index in [1.165, 1.54) is 0 Å². The second-order valence-corrected chi connectivity index (χ2v) is 5.51. The Hall–Kier alpha value is -1.07. The minimum absolute atomic E-state index is 0.122. The fraction of sp³-hybridized carbons (Fsp3) is 0.667. The van der Waals surface area contributed by atoms with E-state index in [4.69, 9.17) is 15.7 Å². The lowest BCUT2D eigenvalue weighted by Crippen LogP contribution is -2.44. The van der Waals surface area contributed by atoms with E-state index >= 15 is 0 Å². The molecule has 0 aromatic carbocycles. The number of carbonyl (C=O) groups excluding carboxylic acids is 1. The lowest BCUT2D eigenvalue weighted by atomic mass is 10.2. The molecule has 82 valence electrons. The number of primary amides is 1. The standard InChI is InChI=1S/C6H13N2O5P/c1-14(12,13)3-2-4(5(9)10)8-6(7)11/h4H,2-3H2,1H3,(H,9,10)(H,12,13)(H3,7,8,11)/t4-/m0/s1. The predicted molar refractivity (Wildman–Crippen MR) is 49.4 cm³/mol. The monoisotopic (exact) mass is 224 g/mol. The summed E-state index contributed by atoms with van der Waals surface area (Å²) < 4.78 is 10.8. The van der Waals surface area contributed by atoms with E-state index in [0.29, 0.717) is 0 Å². The highest BCUT2D eigenvalue weighted by Crippen LogP contribution is 2.35. The summed E-state index contributed by atoms with van der Waals surface area (Å²) in [5.74, 6) is -1.28. The second kappa shape index (κ2) is 4.97. The van der Waals surface area contributed by atoms with E-state index in [1.54, 1.807) is 0 Å². The fourth-order valence-corrected chi connectivity index (χ4v) is 1.54. The van der Waals surface area contributed by atoms with Crippen molar-refractivity contribution in [3.05, 3.63) is 0 Å². The molecule has 0 saturated carbocycles. The molecule has 1 unspecified atom stereocenters. The van der Waals surface area contributed by atoms with Crippen molar-refractivity contribution in [3.8, 4) is 0 Å². The van der Waals surface area contributed by atoms with Gasteiger partial charge in [0, 0.05) is 12.8 Å². The molecule has 0 heterocycles. The first-order valence-corrected chi connectivity index (χ1v) is 6.09. The summed E-state index contributed by atoms with van der Waals surface area (Å²) in [6.07, 6.45) is -0.299. The summed E-state index contributed by atoms with van der Waals surface area (Å²) in [6, 6.07) is -2.19. The number of aliphatic carboxylic acids is 1. The minimum Gasteiger partial charge on any atom is -0.480 e. The first kappa shape index (κ1) is 12.9. The summed E-state index contributed by atoms with van der Waals surface area (Å²) in [5.41, 5.74) is 4.73. The number of hydrogen-bond donors (Lipinski definition) is 4. The average molecular weight is 224 g/mol. The molecule has 0 saturated heterocycles. The number of hydrogen-bond acceptors (Lipinski definition) is 3. The van der Waals surface area contributed by atoms with Crippen LogP contribution in [0.15, 0.2) is 0 Å². The van der Waals surface area contributed by atoms with Crippen molar-refractivity contribution in [2.45, 2.75) is 12.5 Å². The van der Waals surface area contributed by atoms with Gasteiger partial charge in [0.1, 0.15) is 6.04 Å². The summed E-state index contributed by atoms with van der Waals surface area (Å²) in [5, 5.41) is 10.5. The van der Waals surface area contributed by atoms with E-state index in [1.807, 2.05) is 5.32 Å². The molecule has 0 radical (unpaired) electrons. The van der Waals surface area contributed by atoms with Crippen LogP contribution in [0.25, 0.3) is 0 Å². The lowest BCUT2D eigenvalue weighted by molar-refractivity contribution is -0.139. The fourth-order valence-electron chi connectivity index (χ4n) is 0.798. The highest BCUT2D eigenvalue weighted by molar-refractivity contribution is 7.57. The van der Waals surface area contributed by atoms with Crippen LogP contribution in [-0.4, -0.2) is 40.9 Å². The Kier molecular flexibility index (Phi) is 4.59. The van der Waals surface area contributed by atoms with Crippen LogP contribution in [-0.2, 0) is 9.36 Å². The third kappa shape index (κ3) is 6.45. The summed E-state index contributed by atoms with van der Waals surface area (Å²) in [7, 11) is -3.26. The van der Waals surface area contributed by atoms with Crippen LogP contribution in [0.2, 0.25) is 0 Å². The van der Waals surface area contributed by atoms with Crippen molar-refractivity contribution in [2.24, 2.45) is 5.73 Å². The van der Waals surface area contributed by atoms with E-state index in [2.05, 4.69) is 0 Å². The maximum Gasteiger partial charge on any atom is 0.326 e. The Morgan fingerprint density at radius 3 is 2.36 bits per heavy atom. The first-order valence-electron chi connectivity index (χ1n) is 3.80. The van der Waals surface area contributed by atoms with Gasteiger partial charge in [0.15, 0.2) is 7.37 Å². The van der Waals surface area contributed by atoms with Gasteiger partial charge < -0.3 is 21.1 Å². The van der Waals surface area contributed by atoms with Gasteiger partial charge >= 0.3 is 12.0 Å².